The fourth-order valence-corrected chi connectivity index (χ4v) is 1.34. The van der Waals surface area contributed by atoms with Gasteiger partial charge in [-0.25, -0.2) is 0 Å². The van der Waals surface area contributed by atoms with Crippen LogP contribution in [0.15, 0.2) is 18.2 Å². The summed E-state index contributed by atoms with van der Waals surface area (Å²) >= 11 is 0. The van der Waals surface area contributed by atoms with Gasteiger partial charge in [0.1, 0.15) is 5.75 Å². The van der Waals surface area contributed by atoms with E-state index in [1.807, 2.05) is 0 Å². The number of hydrogen-bond donors (Lipinski definition) is 1. The van der Waals surface area contributed by atoms with Gasteiger partial charge in [-0.2, -0.15) is 8.78 Å². The van der Waals surface area contributed by atoms with Gasteiger partial charge in [0, 0.05) is 0 Å². The highest BCUT2D eigenvalue weighted by Crippen LogP contribution is 2.22. The van der Waals surface area contributed by atoms with E-state index in [4.69, 9.17) is 5.11 Å². The highest BCUT2D eigenvalue weighted by Gasteiger charge is 2.08. The van der Waals surface area contributed by atoms with Crippen LogP contribution in [0.1, 0.15) is 18.1 Å². The van der Waals surface area contributed by atoms with Gasteiger partial charge in [-0.15, -0.1) is 0 Å². The minimum Gasteiger partial charge on any atom is -0.435 e. The maximum atomic E-state index is 12.0. The van der Waals surface area contributed by atoms with E-state index in [0.29, 0.717) is 12.0 Å². The summed E-state index contributed by atoms with van der Waals surface area (Å²) in [7, 11) is 0. The first-order valence-corrected chi connectivity index (χ1v) is 4.71. The summed E-state index contributed by atoms with van der Waals surface area (Å²) in [5.74, 6) is 0.170. The summed E-state index contributed by atoms with van der Waals surface area (Å²) in [6.07, 6.45) is -0.0630. The number of ether oxygens (including phenoxy) is 1. The molecule has 0 saturated carbocycles. The van der Waals surface area contributed by atoms with Crippen LogP contribution >= 0.6 is 0 Å². The second-order valence-corrected chi connectivity index (χ2v) is 3.53. The third kappa shape index (κ3) is 3.83. The van der Waals surface area contributed by atoms with E-state index in [9.17, 15) is 8.78 Å². The molecule has 1 aromatic carbocycles. The van der Waals surface area contributed by atoms with Gasteiger partial charge in [0.15, 0.2) is 0 Å². The number of alkyl halides is 2. The number of halogens is 2. The third-order valence-electron chi connectivity index (χ3n) is 2.00. The lowest BCUT2D eigenvalue weighted by molar-refractivity contribution is -0.0503. The largest absolute Gasteiger partial charge is 0.435 e. The highest BCUT2D eigenvalue weighted by atomic mass is 19.3. The Morgan fingerprint density at radius 2 is 2.07 bits per heavy atom. The normalized spacial score (nSPS) is 12.9. The Balaban J connectivity index is 2.85. The molecule has 0 radical (unpaired) electrons. The van der Waals surface area contributed by atoms with Gasteiger partial charge in [-0.1, -0.05) is 12.1 Å². The molecule has 0 unspecified atom stereocenters. The van der Waals surface area contributed by atoms with Crippen LogP contribution in [0.4, 0.5) is 8.78 Å². The molecule has 0 amide bonds. The molecule has 1 aromatic rings. The molecule has 0 aliphatic heterocycles. The molecule has 2 nitrogen and oxygen atoms in total. The highest BCUT2D eigenvalue weighted by molar-refractivity contribution is 5.36. The Labute approximate surface area is 87.5 Å². The predicted octanol–water partition coefficient (Wildman–Crippen LogP) is 2.52. The van der Waals surface area contributed by atoms with Crippen molar-refractivity contribution in [3.63, 3.8) is 0 Å². The molecule has 0 fully saturated rings. The van der Waals surface area contributed by atoms with Crippen molar-refractivity contribution in [3.05, 3.63) is 29.3 Å². The van der Waals surface area contributed by atoms with Crippen molar-refractivity contribution in [2.75, 3.05) is 0 Å². The van der Waals surface area contributed by atoms with Gasteiger partial charge in [-0.3, -0.25) is 0 Å². The molecule has 1 atom stereocenters. The minimum absolute atomic E-state index is 0.170. The monoisotopic (exact) mass is 216 g/mol. The smallest absolute Gasteiger partial charge is 0.387 e. The van der Waals surface area contributed by atoms with Crippen LogP contribution in [-0.4, -0.2) is 17.8 Å². The lowest BCUT2D eigenvalue weighted by Crippen LogP contribution is -2.07. The van der Waals surface area contributed by atoms with Crippen molar-refractivity contribution < 1.29 is 18.6 Å². The van der Waals surface area contributed by atoms with Crippen molar-refractivity contribution in [1.82, 2.24) is 0 Å². The SMILES string of the molecule is Cc1ccc(C[C@@H](C)O)cc1OC(F)F. The van der Waals surface area contributed by atoms with E-state index < -0.39 is 12.7 Å². The van der Waals surface area contributed by atoms with Crippen LogP contribution in [0.3, 0.4) is 0 Å². The van der Waals surface area contributed by atoms with Gasteiger partial charge in [0.05, 0.1) is 6.10 Å². The molecular weight excluding hydrogens is 202 g/mol. The maximum absolute atomic E-state index is 12.0. The first kappa shape index (κ1) is 11.9. The lowest BCUT2D eigenvalue weighted by atomic mass is 10.1. The van der Waals surface area contributed by atoms with Gasteiger partial charge in [0.25, 0.3) is 0 Å². The molecule has 0 aliphatic rings. The van der Waals surface area contributed by atoms with Gasteiger partial charge in [0.2, 0.25) is 0 Å². The maximum Gasteiger partial charge on any atom is 0.387 e. The summed E-state index contributed by atoms with van der Waals surface area (Å²) in [6, 6.07) is 5.03. The standard InChI is InChI=1S/C11H14F2O2/c1-7-3-4-9(5-8(2)14)6-10(7)15-11(12)13/h3-4,6,8,11,14H,5H2,1-2H3/t8-/m1/s1. The van der Waals surface area contributed by atoms with E-state index in [0.717, 1.165) is 5.56 Å². The number of hydrogen-bond acceptors (Lipinski definition) is 2. The molecule has 0 spiro atoms. The fraction of sp³-hybridized carbons (Fsp3) is 0.455. The number of aliphatic hydroxyl groups is 1. The van der Waals surface area contributed by atoms with Crippen LogP contribution in [0.25, 0.3) is 0 Å². The molecule has 15 heavy (non-hydrogen) atoms. The predicted molar refractivity (Wildman–Crippen MR) is 53.2 cm³/mol. The Morgan fingerprint density at radius 3 is 2.60 bits per heavy atom. The fourth-order valence-electron chi connectivity index (χ4n) is 1.34. The molecule has 0 saturated heterocycles. The summed E-state index contributed by atoms with van der Waals surface area (Å²) in [4.78, 5) is 0. The van der Waals surface area contributed by atoms with Gasteiger partial charge < -0.3 is 9.84 Å². The average Bonchev–Trinajstić information content (AvgIpc) is 2.09. The van der Waals surface area contributed by atoms with Gasteiger partial charge >= 0.3 is 6.61 Å². The minimum atomic E-state index is -2.81. The molecule has 1 rings (SSSR count). The van der Waals surface area contributed by atoms with Crippen LogP contribution in [0, 0.1) is 6.92 Å². The third-order valence-corrected chi connectivity index (χ3v) is 2.00. The number of benzene rings is 1. The quantitative estimate of drug-likeness (QED) is 0.838. The van der Waals surface area contributed by atoms with Crippen molar-refractivity contribution in [1.29, 1.82) is 0 Å². The molecule has 4 heteroatoms. The molecule has 84 valence electrons. The first-order valence-electron chi connectivity index (χ1n) is 4.71. The van der Waals surface area contributed by atoms with E-state index in [2.05, 4.69) is 4.74 Å². The van der Waals surface area contributed by atoms with E-state index in [-0.39, 0.29) is 5.75 Å². The molecule has 0 bridgehead atoms. The van der Waals surface area contributed by atoms with E-state index in [1.165, 1.54) is 6.07 Å². The van der Waals surface area contributed by atoms with Crippen molar-refractivity contribution in [3.8, 4) is 5.75 Å². The molecule has 0 aromatic heterocycles. The molecule has 0 aliphatic carbocycles. The topological polar surface area (TPSA) is 29.5 Å². The van der Waals surface area contributed by atoms with E-state index in [1.54, 1.807) is 26.0 Å². The summed E-state index contributed by atoms with van der Waals surface area (Å²) < 4.78 is 28.4. The lowest BCUT2D eigenvalue weighted by Gasteiger charge is -2.10. The zero-order valence-electron chi connectivity index (χ0n) is 8.71. The van der Waals surface area contributed by atoms with Crippen LogP contribution < -0.4 is 4.74 Å². The summed E-state index contributed by atoms with van der Waals surface area (Å²) in [5, 5.41) is 9.16. The zero-order chi connectivity index (χ0) is 11.4. The van der Waals surface area contributed by atoms with Crippen LogP contribution in [0.2, 0.25) is 0 Å². The summed E-state index contributed by atoms with van der Waals surface area (Å²) in [6.45, 7) is 0.530. The Kier molecular flexibility index (Phi) is 4.03. The molecule has 0 heterocycles. The Morgan fingerprint density at radius 1 is 1.40 bits per heavy atom. The van der Waals surface area contributed by atoms with E-state index >= 15 is 0 Å². The number of rotatable bonds is 4. The van der Waals surface area contributed by atoms with Crippen molar-refractivity contribution in [2.24, 2.45) is 0 Å². The van der Waals surface area contributed by atoms with Crippen molar-refractivity contribution >= 4 is 0 Å². The second-order valence-electron chi connectivity index (χ2n) is 3.53. The van der Waals surface area contributed by atoms with Crippen LogP contribution in [-0.2, 0) is 6.42 Å². The van der Waals surface area contributed by atoms with Crippen molar-refractivity contribution in [2.45, 2.75) is 33.0 Å². The average molecular weight is 216 g/mol. The summed E-state index contributed by atoms with van der Waals surface area (Å²) in [5.41, 5.74) is 1.44. The Bertz CT molecular complexity index is 324. The molecule has 1 N–H and O–H groups in total. The molecular formula is C11H14F2O2. The zero-order valence-corrected chi connectivity index (χ0v) is 8.71. The number of aryl methyl sites for hydroxylation is 1. The first-order chi connectivity index (χ1) is 6.99. The van der Waals surface area contributed by atoms with Gasteiger partial charge in [-0.05, 0) is 37.5 Å². The second kappa shape index (κ2) is 5.07. The number of aliphatic hydroxyl groups excluding tert-OH is 1. The Hall–Kier alpha value is -1.16. The van der Waals surface area contributed by atoms with Crippen LogP contribution in [0.5, 0.6) is 5.75 Å².